The number of hydrogen-bond donors (Lipinski definition) is 2. The topological polar surface area (TPSA) is 55.1 Å². The molecule has 0 aliphatic heterocycles. The van der Waals surface area contributed by atoms with Crippen LogP contribution in [0.15, 0.2) is 42.5 Å². The molecule has 1 saturated carbocycles. The summed E-state index contributed by atoms with van der Waals surface area (Å²) in [7, 11) is 0. The van der Waals surface area contributed by atoms with Crippen molar-refractivity contribution in [2.45, 2.75) is 38.6 Å². The van der Waals surface area contributed by atoms with Gasteiger partial charge in [0.05, 0.1) is 6.04 Å². The molecule has 3 nitrogen and oxygen atoms in total. The molecule has 0 spiro atoms. The number of carbonyl (C=O) groups is 1. The van der Waals surface area contributed by atoms with Crippen molar-refractivity contribution in [1.29, 1.82) is 0 Å². The molecule has 1 aliphatic carbocycles. The second-order valence-corrected chi connectivity index (χ2v) is 6.86. The van der Waals surface area contributed by atoms with Gasteiger partial charge in [0.1, 0.15) is 0 Å². The Labute approximate surface area is 138 Å². The van der Waals surface area contributed by atoms with Gasteiger partial charge in [-0.05, 0) is 54.0 Å². The average molecular weight is 310 g/mol. The third-order valence-electron chi connectivity index (χ3n) is 5.11. The molecule has 3 heteroatoms. The molecule has 1 amide bonds. The smallest absolute Gasteiger partial charge is 0.223 e. The fraction of sp³-hybridized carbons (Fsp3) is 0.450. The SMILES string of the molecule is CC1CCC(C(=O)NC(CN)c2ccc3ccccc3c2)CC1. The van der Waals surface area contributed by atoms with E-state index >= 15 is 0 Å². The molecule has 1 fully saturated rings. The van der Waals surface area contributed by atoms with Gasteiger partial charge in [-0.15, -0.1) is 0 Å². The number of hydrogen-bond acceptors (Lipinski definition) is 2. The molecule has 0 bridgehead atoms. The summed E-state index contributed by atoms with van der Waals surface area (Å²) in [6.07, 6.45) is 4.31. The molecule has 1 atom stereocenters. The minimum atomic E-state index is -0.105. The molecule has 0 saturated heterocycles. The monoisotopic (exact) mass is 310 g/mol. The van der Waals surface area contributed by atoms with Crippen LogP contribution >= 0.6 is 0 Å². The molecule has 3 N–H and O–H groups in total. The van der Waals surface area contributed by atoms with E-state index in [1.807, 2.05) is 12.1 Å². The summed E-state index contributed by atoms with van der Waals surface area (Å²) in [5, 5.41) is 5.56. The van der Waals surface area contributed by atoms with Gasteiger partial charge in [0, 0.05) is 12.5 Å². The van der Waals surface area contributed by atoms with E-state index in [4.69, 9.17) is 5.73 Å². The largest absolute Gasteiger partial charge is 0.348 e. The summed E-state index contributed by atoms with van der Waals surface area (Å²) in [4.78, 5) is 12.5. The van der Waals surface area contributed by atoms with Gasteiger partial charge in [0.25, 0.3) is 0 Å². The molecule has 1 unspecified atom stereocenters. The molecule has 2 aromatic rings. The summed E-state index contributed by atoms with van der Waals surface area (Å²) in [5.41, 5.74) is 7.02. The van der Waals surface area contributed by atoms with E-state index in [2.05, 4.69) is 42.6 Å². The zero-order valence-corrected chi connectivity index (χ0v) is 13.8. The van der Waals surface area contributed by atoms with Gasteiger partial charge in [0.2, 0.25) is 5.91 Å². The molecule has 0 radical (unpaired) electrons. The van der Waals surface area contributed by atoms with Crippen LogP contribution in [0.4, 0.5) is 0 Å². The lowest BCUT2D eigenvalue weighted by Gasteiger charge is -2.27. The van der Waals surface area contributed by atoms with Gasteiger partial charge in [-0.2, -0.15) is 0 Å². The van der Waals surface area contributed by atoms with Gasteiger partial charge >= 0.3 is 0 Å². The van der Waals surface area contributed by atoms with E-state index in [9.17, 15) is 4.79 Å². The number of carbonyl (C=O) groups excluding carboxylic acids is 1. The van der Waals surface area contributed by atoms with Crippen LogP contribution in [0.1, 0.15) is 44.2 Å². The van der Waals surface area contributed by atoms with E-state index < -0.39 is 0 Å². The number of benzene rings is 2. The Bertz CT molecular complexity index is 674. The molecule has 2 aromatic carbocycles. The standard InChI is InChI=1S/C20H26N2O/c1-14-6-8-16(9-7-14)20(23)22-19(13-21)18-11-10-15-4-2-3-5-17(15)12-18/h2-5,10-12,14,16,19H,6-9,13,21H2,1H3,(H,22,23). The van der Waals surface area contributed by atoms with Crippen LogP contribution < -0.4 is 11.1 Å². The Morgan fingerprint density at radius 1 is 1.13 bits per heavy atom. The fourth-order valence-corrected chi connectivity index (χ4v) is 3.51. The van der Waals surface area contributed by atoms with Gasteiger partial charge in [-0.25, -0.2) is 0 Å². The predicted octanol–water partition coefficient (Wildman–Crippen LogP) is 3.78. The van der Waals surface area contributed by atoms with Crippen molar-refractivity contribution in [1.82, 2.24) is 5.32 Å². The van der Waals surface area contributed by atoms with Gasteiger partial charge in [0.15, 0.2) is 0 Å². The van der Waals surface area contributed by atoms with E-state index in [0.29, 0.717) is 6.54 Å². The van der Waals surface area contributed by atoms with Gasteiger partial charge in [-0.1, -0.05) is 43.3 Å². The van der Waals surface area contributed by atoms with Crippen molar-refractivity contribution in [3.63, 3.8) is 0 Å². The van der Waals surface area contributed by atoms with Crippen molar-refractivity contribution >= 4 is 16.7 Å². The molecule has 0 heterocycles. The van der Waals surface area contributed by atoms with Gasteiger partial charge < -0.3 is 11.1 Å². The van der Waals surface area contributed by atoms with Crippen molar-refractivity contribution in [3.05, 3.63) is 48.0 Å². The molecule has 1 aliphatic rings. The predicted molar refractivity (Wildman–Crippen MR) is 95.0 cm³/mol. The first-order valence-corrected chi connectivity index (χ1v) is 8.66. The number of nitrogens with two attached hydrogens (primary N) is 1. The first-order valence-electron chi connectivity index (χ1n) is 8.66. The normalized spacial score (nSPS) is 22.7. The highest BCUT2D eigenvalue weighted by atomic mass is 16.1. The Balaban J connectivity index is 1.72. The Morgan fingerprint density at radius 2 is 1.83 bits per heavy atom. The van der Waals surface area contributed by atoms with Crippen LogP contribution in [0.25, 0.3) is 10.8 Å². The number of amides is 1. The fourth-order valence-electron chi connectivity index (χ4n) is 3.51. The zero-order valence-electron chi connectivity index (χ0n) is 13.8. The summed E-state index contributed by atoms with van der Waals surface area (Å²) < 4.78 is 0. The van der Waals surface area contributed by atoms with E-state index in [1.165, 1.54) is 10.8 Å². The lowest BCUT2D eigenvalue weighted by Crippen LogP contribution is -2.38. The minimum absolute atomic E-state index is 0.105. The first-order chi connectivity index (χ1) is 11.2. The van der Waals surface area contributed by atoms with Crippen LogP contribution in [0, 0.1) is 11.8 Å². The van der Waals surface area contributed by atoms with Gasteiger partial charge in [-0.3, -0.25) is 4.79 Å². The highest BCUT2D eigenvalue weighted by Crippen LogP contribution is 2.29. The highest BCUT2D eigenvalue weighted by Gasteiger charge is 2.26. The van der Waals surface area contributed by atoms with Crippen LogP contribution in [0.5, 0.6) is 0 Å². The molecule has 0 aromatic heterocycles. The lowest BCUT2D eigenvalue weighted by molar-refractivity contribution is -0.126. The third kappa shape index (κ3) is 3.73. The van der Waals surface area contributed by atoms with Crippen LogP contribution in [-0.2, 0) is 4.79 Å². The summed E-state index contributed by atoms with van der Waals surface area (Å²) in [6.45, 7) is 2.69. The third-order valence-corrected chi connectivity index (χ3v) is 5.11. The highest BCUT2D eigenvalue weighted by molar-refractivity contribution is 5.83. The van der Waals surface area contributed by atoms with Crippen LogP contribution in [0.3, 0.4) is 0 Å². The van der Waals surface area contributed by atoms with Crippen molar-refractivity contribution in [3.8, 4) is 0 Å². The first kappa shape index (κ1) is 16.0. The molecule has 122 valence electrons. The maximum Gasteiger partial charge on any atom is 0.223 e. The summed E-state index contributed by atoms with van der Waals surface area (Å²) in [5.74, 6) is 1.08. The van der Waals surface area contributed by atoms with Crippen LogP contribution in [0.2, 0.25) is 0 Å². The summed E-state index contributed by atoms with van der Waals surface area (Å²) >= 11 is 0. The zero-order chi connectivity index (χ0) is 16.2. The molecular weight excluding hydrogens is 284 g/mol. The Hall–Kier alpha value is -1.87. The quantitative estimate of drug-likeness (QED) is 0.903. The molecule has 3 rings (SSSR count). The summed E-state index contributed by atoms with van der Waals surface area (Å²) in [6, 6.07) is 14.5. The Morgan fingerprint density at radius 3 is 2.52 bits per heavy atom. The van der Waals surface area contributed by atoms with E-state index in [-0.39, 0.29) is 17.9 Å². The Kier molecular flexibility index (Phi) is 4.97. The molecule has 23 heavy (non-hydrogen) atoms. The maximum absolute atomic E-state index is 12.5. The number of fused-ring (bicyclic) bond motifs is 1. The second kappa shape index (κ2) is 7.14. The van der Waals surface area contributed by atoms with E-state index in [1.54, 1.807) is 0 Å². The maximum atomic E-state index is 12.5. The minimum Gasteiger partial charge on any atom is -0.348 e. The average Bonchev–Trinajstić information content (AvgIpc) is 2.59. The van der Waals surface area contributed by atoms with Crippen molar-refractivity contribution in [2.75, 3.05) is 6.54 Å². The van der Waals surface area contributed by atoms with Crippen LogP contribution in [-0.4, -0.2) is 12.5 Å². The lowest BCUT2D eigenvalue weighted by atomic mass is 9.82. The number of nitrogens with one attached hydrogen (secondary N) is 1. The van der Waals surface area contributed by atoms with E-state index in [0.717, 1.165) is 37.2 Å². The second-order valence-electron chi connectivity index (χ2n) is 6.86. The molecular formula is C20H26N2O. The number of rotatable bonds is 4. The van der Waals surface area contributed by atoms with Crippen molar-refractivity contribution < 1.29 is 4.79 Å². The van der Waals surface area contributed by atoms with Crippen molar-refractivity contribution in [2.24, 2.45) is 17.6 Å².